The Labute approximate surface area is 158 Å². The molecular formula is C21H24O6. The van der Waals surface area contributed by atoms with Crippen LogP contribution in [0.15, 0.2) is 54.6 Å². The van der Waals surface area contributed by atoms with E-state index in [4.69, 9.17) is 23.7 Å². The molecule has 0 atom stereocenters. The molecule has 0 aliphatic carbocycles. The highest BCUT2D eigenvalue weighted by atomic mass is 16.7. The SMILES string of the molecule is COCC(=O)OCc1ccc(CO[C@H]2CO[C@H](c3ccccc3)OC2)cc1. The van der Waals surface area contributed by atoms with Gasteiger partial charge >= 0.3 is 5.97 Å². The molecule has 2 aromatic carbocycles. The van der Waals surface area contributed by atoms with Crippen molar-refractivity contribution >= 4 is 5.97 Å². The van der Waals surface area contributed by atoms with Crippen LogP contribution < -0.4 is 0 Å². The first-order valence-electron chi connectivity index (χ1n) is 8.86. The molecule has 0 aromatic heterocycles. The second kappa shape index (κ2) is 10.2. The number of carbonyl (C=O) groups is 1. The molecule has 0 unspecified atom stereocenters. The highest BCUT2D eigenvalue weighted by Gasteiger charge is 2.23. The van der Waals surface area contributed by atoms with Crippen LogP contribution >= 0.6 is 0 Å². The summed E-state index contributed by atoms with van der Waals surface area (Å²) < 4.78 is 27.2. The summed E-state index contributed by atoms with van der Waals surface area (Å²) in [5, 5.41) is 0. The summed E-state index contributed by atoms with van der Waals surface area (Å²) >= 11 is 0. The maximum absolute atomic E-state index is 11.3. The molecule has 1 fully saturated rings. The highest BCUT2D eigenvalue weighted by molar-refractivity contribution is 5.70. The molecule has 6 heteroatoms. The quantitative estimate of drug-likeness (QED) is 0.664. The smallest absolute Gasteiger partial charge is 0.332 e. The number of hydrogen-bond donors (Lipinski definition) is 0. The van der Waals surface area contributed by atoms with Crippen molar-refractivity contribution in [1.29, 1.82) is 0 Å². The van der Waals surface area contributed by atoms with E-state index in [9.17, 15) is 4.79 Å². The van der Waals surface area contributed by atoms with Crippen LogP contribution in [0.3, 0.4) is 0 Å². The average Bonchev–Trinajstić information content (AvgIpc) is 2.73. The van der Waals surface area contributed by atoms with Crippen LogP contribution in [-0.4, -0.2) is 39.0 Å². The Balaban J connectivity index is 1.38. The van der Waals surface area contributed by atoms with E-state index in [-0.39, 0.29) is 31.6 Å². The number of carbonyl (C=O) groups excluding carboxylic acids is 1. The van der Waals surface area contributed by atoms with Crippen molar-refractivity contribution in [2.45, 2.75) is 25.6 Å². The topological polar surface area (TPSA) is 63.2 Å². The molecule has 27 heavy (non-hydrogen) atoms. The molecule has 6 nitrogen and oxygen atoms in total. The Morgan fingerprint density at radius 3 is 2.22 bits per heavy atom. The second-order valence-corrected chi connectivity index (χ2v) is 6.25. The van der Waals surface area contributed by atoms with E-state index in [0.29, 0.717) is 19.8 Å². The van der Waals surface area contributed by atoms with Gasteiger partial charge in [-0.2, -0.15) is 0 Å². The van der Waals surface area contributed by atoms with Crippen LogP contribution in [0.1, 0.15) is 23.0 Å². The Morgan fingerprint density at radius 1 is 0.963 bits per heavy atom. The van der Waals surface area contributed by atoms with Crippen molar-refractivity contribution in [3.8, 4) is 0 Å². The summed E-state index contributed by atoms with van der Waals surface area (Å²) in [4.78, 5) is 11.3. The summed E-state index contributed by atoms with van der Waals surface area (Å²) in [6.45, 7) is 1.65. The molecule has 1 heterocycles. The molecule has 1 aliphatic heterocycles. The van der Waals surface area contributed by atoms with Gasteiger partial charge in [0.2, 0.25) is 0 Å². The zero-order chi connectivity index (χ0) is 18.9. The maximum atomic E-state index is 11.3. The first kappa shape index (κ1) is 19.5. The van der Waals surface area contributed by atoms with E-state index in [1.54, 1.807) is 0 Å². The van der Waals surface area contributed by atoms with Gasteiger partial charge in [0.05, 0.1) is 19.8 Å². The van der Waals surface area contributed by atoms with Gasteiger partial charge in [-0.25, -0.2) is 4.79 Å². The lowest BCUT2D eigenvalue weighted by Crippen LogP contribution is -2.33. The van der Waals surface area contributed by atoms with Gasteiger partial charge in [0.15, 0.2) is 6.29 Å². The maximum Gasteiger partial charge on any atom is 0.332 e. The minimum Gasteiger partial charge on any atom is -0.459 e. The molecule has 0 radical (unpaired) electrons. The zero-order valence-electron chi connectivity index (χ0n) is 15.3. The molecular weight excluding hydrogens is 348 g/mol. The molecule has 0 bridgehead atoms. The van der Waals surface area contributed by atoms with Crippen molar-refractivity contribution in [3.63, 3.8) is 0 Å². The molecule has 1 saturated heterocycles. The van der Waals surface area contributed by atoms with Gasteiger partial charge in [-0.3, -0.25) is 0 Å². The highest BCUT2D eigenvalue weighted by Crippen LogP contribution is 2.23. The summed E-state index contributed by atoms with van der Waals surface area (Å²) in [7, 11) is 1.46. The number of methoxy groups -OCH3 is 1. The minimum absolute atomic E-state index is 0.0391. The van der Waals surface area contributed by atoms with E-state index in [0.717, 1.165) is 16.7 Å². The number of ether oxygens (including phenoxy) is 5. The fourth-order valence-electron chi connectivity index (χ4n) is 2.65. The molecule has 2 aromatic rings. The van der Waals surface area contributed by atoms with E-state index in [2.05, 4.69) is 0 Å². The number of benzene rings is 2. The Bertz CT molecular complexity index is 692. The predicted octanol–water partition coefficient (Wildman–Crippen LogP) is 3.01. The van der Waals surface area contributed by atoms with Gasteiger partial charge in [0.25, 0.3) is 0 Å². The molecule has 0 amide bonds. The predicted molar refractivity (Wildman–Crippen MR) is 97.8 cm³/mol. The number of esters is 1. The van der Waals surface area contributed by atoms with E-state index < -0.39 is 0 Å². The van der Waals surface area contributed by atoms with Gasteiger partial charge in [-0.15, -0.1) is 0 Å². The molecule has 0 spiro atoms. The first-order valence-corrected chi connectivity index (χ1v) is 8.86. The fourth-order valence-corrected chi connectivity index (χ4v) is 2.65. The molecule has 3 rings (SSSR count). The summed E-state index contributed by atoms with van der Waals surface area (Å²) in [6.07, 6.45) is -0.425. The van der Waals surface area contributed by atoms with Crippen LogP contribution in [0, 0.1) is 0 Å². The van der Waals surface area contributed by atoms with E-state index in [1.807, 2.05) is 54.6 Å². The third kappa shape index (κ3) is 6.15. The third-order valence-corrected chi connectivity index (χ3v) is 4.11. The van der Waals surface area contributed by atoms with Crippen LogP contribution in [0.25, 0.3) is 0 Å². The largest absolute Gasteiger partial charge is 0.459 e. The van der Waals surface area contributed by atoms with Crippen LogP contribution in [0.4, 0.5) is 0 Å². The Kier molecular flexibility index (Phi) is 7.36. The fraction of sp³-hybridized carbons (Fsp3) is 0.381. The minimum atomic E-state index is -0.379. The van der Waals surface area contributed by atoms with Crippen molar-refractivity contribution in [2.24, 2.45) is 0 Å². The van der Waals surface area contributed by atoms with Gasteiger partial charge in [0, 0.05) is 12.7 Å². The van der Waals surface area contributed by atoms with Gasteiger partial charge in [-0.05, 0) is 11.1 Å². The number of hydrogen-bond acceptors (Lipinski definition) is 6. The average molecular weight is 372 g/mol. The third-order valence-electron chi connectivity index (χ3n) is 4.11. The molecule has 0 N–H and O–H groups in total. The zero-order valence-corrected chi connectivity index (χ0v) is 15.3. The van der Waals surface area contributed by atoms with Gasteiger partial charge < -0.3 is 23.7 Å². The molecule has 0 saturated carbocycles. The van der Waals surface area contributed by atoms with Crippen LogP contribution in [0.5, 0.6) is 0 Å². The Morgan fingerprint density at radius 2 is 1.59 bits per heavy atom. The van der Waals surface area contributed by atoms with Crippen molar-refractivity contribution in [2.75, 3.05) is 26.9 Å². The molecule has 1 aliphatic rings. The van der Waals surface area contributed by atoms with E-state index >= 15 is 0 Å². The van der Waals surface area contributed by atoms with Crippen LogP contribution in [0.2, 0.25) is 0 Å². The first-order chi connectivity index (χ1) is 13.2. The monoisotopic (exact) mass is 372 g/mol. The van der Waals surface area contributed by atoms with Gasteiger partial charge in [-0.1, -0.05) is 54.6 Å². The molecule has 144 valence electrons. The summed E-state index contributed by atoms with van der Waals surface area (Å²) in [6, 6.07) is 17.6. The normalized spacial score (nSPS) is 19.6. The van der Waals surface area contributed by atoms with Crippen molar-refractivity contribution in [3.05, 3.63) is 71.3 Å². The van der Waals surface area contributed by atoms with Crippen LogP contribution in [-0.2, 0) is 41.7 Å². The van der Waals surface area contributed by atoms with Crippen molar-refractivity contribution in [1.82, 2.24) is 0 Å². The summed E-state index contributed by atoms with van der Waals surface area (Å²) in [5.74, 6) is -0.379. The van der Waals surface area contributed by atoms with Gasteiger partial charge in [0.1, 0.15) is 19.3 Å². The lowest BCUT2D eigenvalue weighted by molar-refractivity contribution is -0.232. The second-order valence-electron chi connectivity index (χ2n) is 6.25. The summed E-state index contributed by atoms with van der Waals surface area (Å²) in [5.41, 5.74) is 2.96. The Hall–Kier alpha value is -2.25. The lowest BCUT2D eigenvalue weighted by atomic mass is 10.1. The number of rotatable bonds is 8. The standard InChI is InChI=1S/C21H24O6/c1-23-15-20(22)25-12-17-9-7-16(8-10-17)11-24-19-13-26-21(27-14-19)18-5-3-2-4-6-18/h2-10,19,21H,11-15H2,1H3/t19-,21-. The lowest BCUT2D eigenvalue weighted by Gasteiger charge is -2.29. The van der Waals surface area contributed by atoms with Crippen molar-refractivity contribution < 1.29 is 28.5 Å². The van der Waals surface area contributed by atoms with E-state index in [1.165, 1.54) is 7.11 Å².